The van der Waals surface area contributed by atoms with Crippen molar-refractivity contribution >= 4 is 33.4 Å². The number of benzene rings is 2. The summed E-state index contributed by atoms with van der Waals surface area (Å²) in [7, 11) is 0. The number of rotatable bonds is 5. The van der Waals surface area contributed by atoms with Crippen LogP contribution in [0.25, 0.3) is 0 Å². The third-order valence-corrected chi connectivity index (χ3v) is 3.87. The molecular weight excluding hydrogens is 406 g/mol. The first kappa shape index (κ1) is 19.4. The number of nitro groups is 1. The minimum Gasteiger partial charge on any atom is -0.483 e. The topological polar surface area (TPSA) is 111 Å². The van der Waals surface area contributed by atoms with Gasteiger partial charge in [0.05, 0.1) is 4.92 Å². The number of hydrazine groups is 1. The Hall–Kier alpha value is -2.94. The van der Waals surface area contributed by atoms with Crippen molar-refractivity contribution in [2.75, 3.05) is 6.61 Å². The number of halogens is 1. The number of aryl methyl sites for hydroxylation is 2. The molecule has 0 saturated heterocycles. The fourth-order valence-electron chi connectivity index (χ4n) is 2.26. The number of nitrogens with zero attached hydrogens (tertiary/aromatic N) is 1. The SMILES string of the molecule is Cc1cc(Br)cc(C)c1OCC(=O)NNC(=O)c1cccc([N+](=O)[O-])c1. The Bertz CT molecular complexity index is 846. The highest BCUT2D eigenvalue weighted by Crippen LogP contribution is 2.27. The van der Waals surface area contributed by atoms with Crippen molar-refractivity contribution in [1.82, 2.24) is 10.9 Å². The van der Waals surface area contributed by atoms with Crippen LogP contribution in [0.3, 0.4) is 0 Å². The summed E-state index contributed by atoms with van der Waals surface area (Å²) < 4.78 is 6.41. The summed E-state index contributed by atoms with van der Waals surface area (Å²) in [4.78, 5) is 33.9. The number of carbonyl (C=O) groups excluding carboxylic acids is 2. The van der Waals surface area contributed by atoms with Gasteiger partial charge in [0.2, 0.25) is 0 Å². The second-order valence-electron chi connectivity index (χ2n) is 5.47. The van der Waals surface area contributed by atoms with Gasteiger partial charge in [-0.05, 0) is 43.2 Å². The van der Waals surface area contributed by atoms with Gasteiger partial charge in [-0.2, -0.15) is 0 Å². The Morgan fingerprint density at radius 1 is 1.15 bits per heavy atom. The van der Waals surface area contributed by atoms with E-state index in [0.717, 1.165) is 21.7 Å². The summed E-state index contributed by atoms with van der Waals surface area (Å²) in [5, 5.41) is 10.7. The van der Waals surface area contributed by atoms with Crippen molar-refractivity contribution in [1.29, 1.82) is 0 Å². The minimum atomic E-state index is -0.668. The summed E-state index contributed by atoms with van der Waals surface area (Å²) in [5.41, 5.74) is 5.97. The Balaban J connectivity index is 1.90. The molecule has 0 heterocycles. The molecule has 26 heavy (non-hydrogen) atoms. The Labute approximate surface area is 157 Å². The van der Waals surface area contributed by atoms with Crippen LogP contribution in [0.1, 0.15) is 21.5 Å². The van der Waals surface area contributed by atoms with E-state index in [9.17, 15) is 19.7 Å². The highest BCUT2D eigenvalue weighted by molar-refractivity contribution is 9.10. The van der Waals surface area contributed by atoms with Gasteiger partial charge in [-0.3, -0.25) is 30.6 Å². The zero-order chi connectivity index (χ0) is 19.3. The van der Waals surface area contributed by atoms with Crippen molar-refractivity contribution in [3.63, 3.8) is 0 Å². The predicted octanol–water partition coefficient (Wildman–Crippen LogP) is 2.81. The van der Waals surface area contributed by atoms with Crippen LogP contribution in [0.15, 0.2) is 40.9 Å². The Morgan fingerprint density at radius 2 is 1.81 bits per heavy atom. The van der Waals surface area contributed by atoms with Crippen molar-refractivity contribution in [2.45, 2.75) is 13.8 Å². The van der Waals surface area contributed by atoms with E-state index in [1.165, 1.54) is 18.2 Å². The molecule has 9 heteroatoms. The first-order valence-electron chi connectivity index (χ1n) is 7.51. The van der Waals surface area contributed by atoms with E-state index in [0.29, 0.717) is 5.75 Å². The molecule has 0 unspecified atom stereocenters. The van der Waals surface area contributed by atoms with Gasteiger partial charge in [0.25, 0.3) is 17.5 Å². The molecule has 0 aromatic heterocycles. The maximum atomic E-state index is 11.9. The zero-order valence-electron chi connectivity index (χ0n) is 14.0. The predicted molar refractivity (Wildman–Crippen MR) is 97.8 cm³/mol. The van der Waals surface area contributed by atoms with Crippen LogP contribution >= 0.6 is 15.9 Å². The standard InChI is InChI=1S/C17H16BrN3O5/c1-10-6-13(18)7-11(2)16(10)26-9-15(22)19-20-17(23)12-4-3-5-14(8-12)21(24)25/h3-8H,9H2,1-2H3,(H,19,22)(H,20,23). The van der Waals surface area contributed by atoms with Crippen molar-refractivity contribution in [2.24, 2.45) is 0 Å². The van der Waals surface area contributed by atoms with Crippen LogP contribution in [0.2, 0.25) is 0 Å². The van der Waals surface area contributed by atoms with E-state index in [-0.39, 0.29) is 17.9 Å². The molecule has 0 atom stereocenters. The molecule has 0 saturated carbocycles. The highest BCUT2D eigenvalue weighted by Gasteiger charge is 2.13. The van der Waals surface area contributed by atoms with E-state index < -0.39 is 16.7 Å². The monoisotopic (exact) mass is 421 g/mol. The molecule has 2 aromatic carbocycles. The molecule has 0 aliphatic heterocycles. The number of non-ortho nitro benzene ring substituents is 1. The minimum absolute atomic E-state index is 0.0556. The number of amides is 2. The van der Waals surface area contributed by atoms with Crippen LogP contribution in [-0.2, 0) is 4.79 Å². The van der Waals surface area contributed by atoms with Crippen LogP contribution in [0.5, 0.6) is 5.75 Å². The summed E-state index contributed by atoms with van der Waals surface area (Å²) in [6.07, 6.45) is 0. The van der Waals surface area contributed by atoms with Gasteiger partial charge in [-0.1, -0.05) is 22.0 Å². The molecule has 136 valence electrons. The molecule has 2 N–H and O–H groups in total. The molecule has 0 bridgehead atoms. The Kier molecular flexibility index (Phi) is 6.29. The van der Waals surface area contributed by atoms with E-state index in [4.69, 9.17) is 4.74 Å². The molecule has 2 aromatic rings. The van der Waals surface area contributed by atoms with E-state index >= 15 is 0 Å². The molecular formula is C17H16BrN3O5. The number of hydrogen-bond acceptors (Lipinski definition) is 5. The van der Waals surface area contributed by atoms with Crippen LogP contribution in [0.4, 0.5) is 5.69 Å². The maximum Gasteiger partial charge on any atom is 0.276 e. The number of ether oxygens (including phenoxy) is 1. The fraction of sp³-hybridized carbons (Fsp3) is 0.176. The normalized spacial score (nSPS) is 10.1. The lowest BCUT2D eigenvalue weighted by molar-refractivity contribution is -0.384. The van der Waals surface area contributed by atoms with Gasteiger partial charge in [0, 0.05) is 22.2 Å². The lowest BCUT2D eigenvalue weighted by atomic mass is 10.1. The lowest BCUT2D eigenvalue weighted by Crippen LogP contribution is -2.43. The summed E-state index contributed by atoms with van der Waals surface area (Å²) in [6.45, 7) is 3.42. The number of nitro benzene ring substituents is 1. The van der Waals surface area contributed by atoms with Gasteiger partial charge in [-0.15, -0.1) is 0 Å². The molecule has 0 fully saturated rings. The third kappa shape index (κ3) is 5.03. The van der Waals surface area contributed by atoms with Gasteiger partial charge >= 0.3 is 0 Å². The van der Waals surface area contributed by atoms with Crippen molar-refractivity contribution in [3.05, 3.63) is 67.7 Å². The summed E-state index contributed by atoms with van der Waals surface area (Å²) in [6, 6.07) is 8.91. The molecule has 0 aliphatic rings. The molecule has 8 nitrogen and oxygen atoms in total. The van der Waals surface area contributed by atoms with E-state index in [2.05, 4.69) is 26.8 Å². The number of carbonyl (C=O) groups is 2. The van der Waals surface area contributed by atoms with Crippen LogP contribution in [-0.4, -0.2) is 23.3 Å². The van der Waals surface area contributed by atoms with Crippen LogP contribution < -0.4 is 15.6 Å². The first-order valence-corrected chi connectivity index (χ1v) is 8.30. The fourth-order valence-corrected chi connectivity index (χ4v) is 2.95. The highest BCUT2D eigenvalue weighted by atomic mass is 79.9. The number of hydrogen-bond donors (Lipinski definition) is 2. The third-order valence-electron chi connectivity index (χ3n) is 3.41. The second kappa shape index (κ2) is 8.43. The van der Waals surface area contributed by atoms with E-state index in [1.54, 1.807) is 0 Å². The van der Waals surface area contributed by atoms with Crippen molar-refractivity contribution < 1.29 is 19.2 Å². The van der Waals surface area contributed by atoms with Gasteiger partial charge in [-0.25, -0.2) is 0 Å². The molecule has 0 spiro atoms. The van der Waals surface area contributed by atoms with Gasteiger partial charge in [0.15, 0.2) is 6.61 Å². The summed E-state index contributed by atoms with van der Waals surface area (Å²) in [5.74, 6) is -0.642. The zero-order valence-corrected chi connectivity index (χ0v) is 15.6. The van der Waals surface area contributed by atoms with Crippen molar-refractivity contribution in [3.8, 4) is 5.75 Å². The molecule has 2 rings (SSSR count). The smallest absolute Gasteiger partial charge is 0.276 e. The van der Waals surface area contributed by atoms with E-state index in [1.807, 2.05) is 26.0 Å². The largest absolute Gasteiger partial charge is 0.483 e. The summed E-state index contributed by atoms with van der Waals surface area (Å²) >= 11 is 3.38. The first-order chi connectivity index (χ1) is 12.3. The molecule has 2 amide bonds. The van der Waals surface area contributed by atoms with Gasteiger partial charge in [0.1, 0.15) is 5.75 Å². The molecule has 0 radical (unpaired) electrons. The molecule has 0 aliphatic carbocycles. The quantitative estimate of drug-likeness (QED) is 0.569. The van der Waals surface area contributed by atoms with Gasteiger partial charge < -0.3 is 4.74 Å². The average Bonchev–Trinajstić information content (AvgIpc) is 2.58. The lowest BCUT2D eigenvalue weighted by Gasteiger charge is -2.13. The van der Waals surface area contributed by atoms with Crippen LogP contribution in [0, 0.1) is 24.0 Å². The number of nitrogens with one attached hydrogen (secondary N) is 2. The maximum absolute atomic E-state index is 11.9. The Morgan fingerprint density at radius 3 is 2.42 bits per heavy atom. The second-order valence-corrected chi connectivity index (χ2v) is 6.38. The average molecular weight is 422 g/mol.